The van der Waals surface area contributed by atoms with Crippen molar-refractivity contribution in [3.8, 4) is 11.3 Å². The quantitative estimate of drug-likeness (QED) is 0.503. The van der Waals surface area contributed by atoms with Gasteiger partial charge in [0.15, 0.2) is 0 Å². The smallest absolute Gasteiger partial charge is 0.0877 e. The molecule has 2 aromatic rings. The van der Waals surface area contributed by atoms with Gasteiger partial charge in [0.05, 0.1) is 11.9 Å². The SMILES string of the molecule is CC(O)=CC(C)O.Fc1c[c-]c(-c2ccccn2)c(F)c1.[Pt]. The summed E-state index contributed by atoms with van der Waals surface area (Å²) in [7, 11) is 0. The van der Waals surface area contributed by atoms with E-state index in [-0.39, 0.29) is 32.4 Å². The predicted molar refractivity (Wildman–Crippen MR) is 76.5 cm³/mol. The Morgan fingerprint density at radius 1 is 1.36 bits per heavy atom. The molecule has 0 bridgehead atoms. The van der Waals surface area contributed by atoms with Crippen LogP contribution in [0.3, 0.4) is 0 Å². The maximum atomic E-state index is 13.2. The van der Waals surface area contributed by atoms with Crippen molar-refractivity contribution in [3.63, 3.8) is 0 Å². The Labute approximate surface area is 142 Å². The fraction of sp³-hybridized carbons (Fsp3) is 0.188. The van der Waals surface area contributed by atoms with Crippen LogP contribution >= 0.6 is 0 Å². The van der Waals surface area contributed by atoms with Crippen molar-refractivity contribution < 1.29 is 40.1 Å². The molecule has 0 radical (unpaired) electrons. The van der Waals surface area contributed by atoms with Crippen LogP contribution in [0.1, 0.15) is 13.8 Å². The van der Waals surface area contributed by atoms with Gasteiger partial charge in [-0.3, -0.25) is 8.78 Å². The van der Waals surface area contributed by atoms with Gasteiger partial charge in [0, 0.05) is 38.9 Å². The molecule has 22 heavy (non-hydrogen) atoms. The summed E-state index contributed by atoms with van der Waals surface area (Å²) in [6.45, 7) is 3.10. The molecule has 1 atom stereocenters. The van der Waals surface area contributed by atoms with Crippen molar-refractivity contribution in [1.29, 1.82) is 0 Å². The first-order valence-electron chi connectivity index (χ1n) is 6.23. The standard InChI is InChI=1S/C11H6F2N.C5H10O2.Pt/c12-8-4-5-9(10(13)7-8)11-3-1-2-6-14-11;1-4(6)3-5(2)7;/h1-4,6-7H;3-4,6-7H,1-2H3;/q-1;;. The number of hydrogen-bond donors (Lipinski definition) is 2. The molecular weight excluding hydrogens is 471 g/mol. The zero-order chi connectivity index (χ0) is 15.8. The normalized spacial score (nSPS) is 11.8. The molecule has 1 unspecified atom stereocenters. The minimum Gasteiger partial charge on any atom is -0.513 e. The van der Waals surface area contributed by atoms with E-state index in [2.05, 4.69) is 11.1 Å². The van der Waals surface area contributed by atoms with Crippen molar-refractivity contribution in [2.45, 2.75) is 20.0 Å². The van der Waals surface area contributed by atoms with Crippen molar-refractivity contribution >= 4 is 0 Å². The monoisotopic (exact) mass is 487 g/mol. The second-order valence-electron chi connectivity index (χ2n) is 4.30. The average Bonchev–Trinajstić information content (AvgIpc) is 2.38. The fourth-order valence-electron chi connectivity index (χ4n) is 1.50. The molecule has 3 nitrogen and oxygen atoms in total. The maximum absolute atomic E-state index is 13.2. The van der Waals surface area contributed by atoms with Gasteiger partial charge >= 0.3 is 0 Å². The third-order valence-electron chi connectivity index (χ3n) is 2.26. The first kappa shape index (κ1) is 20.4. The van der Waals surface area contributed by atoms with Gasteiger partial charge in [-0.15, -0.1) is 12.1 Å². The molecule has 0 fully saturated rings. The Kier molecular flexibility index (Phi) is 9.46. The molecule has 2 rings (SSSR count). The Bertz CT molecular complexity index is 600. The van der Waals surface area contributed by atoms with Gasteiger partial charge in [0.25, 0.3) is 0 Å². The van der Waals surface area contributed by atoms with Crippen molar-refractivity contribution in [2.24, 2.45) is 0 Å². The van der Waals surface area contributed by atoms with Gasteiger partial charge in [-0.2, -0.15) is 0 Å². The van der Waals surface area contributed by atoms with Gasteiger partial charge in [-0.05, 0) is 31.7 Å². The van der Waals surface area contributed by atoms with E-state index in [0.717, 1.165) is 12.1 Å². The molecule has 1 aromatic heterocycles. The van der Waals surface area contributed by atoms with Crippen LogP contribution in [0, 0.1) is 17.7 Å². The van der Waals surface area contributed by atoms with E-state index in [0.29, 0.717) is 5.69 Å². The van der Waals surface area contributed by atoms with Crippen LogP contribution in [0.2, 0.25) is 0 Å². The third kappa shape index (κ3) is 7.43. The van der Waals surface area contributed by atoms with E-state index in [1.807, 2.05) is 0 Å². The van der Waals surface area contributed by atoms with Gasteiger partial charge in [-0.25, -0.2) is 0 Å². The topological polar surface area (TPSA) is 53.4 Å². The number of nitrogens with zero attached hydrogens (tertiary/aromatic N) is 1. The molecule has 6 heteroatoms. The summed E-state index contributed by atoms with van der Waals surface area (Å²) in [5, 5.41) is 16.9. The zero-order valence-electron chi connectivity index (χ0n) is 12.0. The van der Waals surface area contributed by atoms with Crippen molar-refractivity contribution in [1.82, 2.24) is 4.98 Å². The summed E-state index contributed by atoms with van der Waals surface area (Å²) in [6.07, 6.45) is 2.37. The summed E-state index contributed by atoms with van der Waals surface area (Å²) in [5.41, 5.74) is 0.636. The van der Waals surface area contributed by atoms with Crippen LogP contribution in [0.15, 0.2) is 48.4 Å². The fourth-order valence-corrected chi connectivity index (χ4v) is 1.50. The molecule has 122 valence electrons. The number of pyridine rings is 1. The molecule has 0 aliphatic rings. The van der Waals surface area contributed by atoms with E-state index in [4.69, 9.17) is 10.2 Å². The van der Waals surface area contributed by atoms with Gasteiger partial charge in [-0.1, -0.05) is 23.8 Å². The van der Waals surface area contributed by atoms with Crippen LogP contribution < -0.4 is 0 Å². The number of halogens is 2. The Morgan fingerprint density at radius 2 is 2.05 bits per heavy atom. The minimum absolute atomic E-state index is 0. The minimum atomic E-state index is -0.649. The van der Waals surface area contributed by atoms with Crippen molar-refractivity contribution in [3.05, 3.63) is 66.1 Å². The van der Waals surface area contributed by atoms with E-state index >= 15 is 0 Å². The van der Waals surface area contributed by atoms with Gasteiger partial charge < -0.3 is 15.2 Å². The summed E-state index contributed by atoms with van der Waals surface area (Å²) in [6, 6.07) is 9.53. The number of hydrogen-bond acceptors (Lipinski definition) is 3. The number of aliphatic hydroxyl groups is 2. The Hall–Kier alpha value is -1.58. The molecule has 1 heterocycles. The molecule has 0 aliphatic carbocycles. The van der Waals surface area contributed by atoms with Crippen LogP contribution in [0.25, 0.3) is 11.3 Å². The summed E-state index contributed by atoms with van der Waals surface area (Å²) < 4.78 is 25.8. The summed E-state index contributed by atoms with van der Waals surface area (Å²) >= 11 is 0. The maximum Gasteiger partial charge on any atom is 0.0877 e. The van der Waals surface area contributed by atoms with Crippen LogP contribution in [0.4, 0.5) is 8.78 Å². The summed E-state index contributed by atoms with van der Waals surface area (Å²) in [5.74, 6) is -1.12. The van der Waals surface area contributed by atoms with Crippen LogP contribution in [0.5, 0.6) is 0 Å². The molecule has 0 aliphatic heterocycles. The number of aliphatic hydroxyl groups excluding tert-OH is 2. The number of rotatable bonds is 2. The van der Waals surface area contributed by atoms with Crippen LogP contribution in [-0.2, 0) is 21.1 Å². The zero-order valence-corrected chi connectivity index (χ0v) is 14.3. The first-order valence-corrected chi connectivity index (χ1v) is 6.23. The third-order valence-corrected chi connectivity index (χ3v) is 2.26. The molecular formula is C16H16F2NO2Pt-. The van der Waals surface area contributed by atoms with E-state index < -0.39 is 17.7 Å². The molecule has 0 saturated carbocycles. The molecule has 0 spiro atoms. The number of aromatic nitrogens is 1. The molecule has 2 N–H and O–H groups in total. The molecule has 0 amide bonds. The van der Waals surface area contributed by atoms with E-state index in [1.165, 1.54) is 13.0 Å². The van der Waals surface area contributed by atoms with Gasteiger partial charge in [0.1, 0.15) is 0 Å². The molecule has 0 saturated heterocycles. The largest absolute Gasteiger partial charge is 0.513 e. The second-order valence-corrected chi connectivity index (χ2v) is 4.30. The molecule has 1 aromatic carbocycles. The van der Waals surface area contributed by atoms with Gasteiger partial charge in [0.2, 0.25) is 0 Å². The predicted octanol–water partition coefficient (Wildman–Crippen LogP) is 3.65. The Balaban J connectivity index is 0.000000478. The van der Waals surface area contributed by atoms with Crippen LogP contribution in [-0.4, -0.2) is 21.3 Å². The van der Waals surface area contributed by atoms with E-state index in [9.17, 15) is 8.78 Å². The van der Waals surface area contributed by atoms with E-state index in [1.54, 1.807) is 31.3 Å². The number of allylic oxidation sites excluding steroid dienone is 1. The first-order chi connectivity index (χ1) is 9.90. The average molecular weight is 487 g/mol. The Morgan fingerprint density at radius 3 is 2.45 bits per heavy atom. The van der Waals surface area contributed by atoms with Crippen molar-refractivity contribution in [2.75, 3.05) is 0 Å². The summed E-state index contributed by atoms with van der Waals surface area (Å²) in [4.78, 5) is 3.95. The number of benzene rings is 1. The second kappa shape index (κ2) is 10.2.